The van der Waals surface area contributed by atoms with Crippen LogP contribution in [0.25, 0.3) is 10.9 Å². The first-order valence-electron chi connectivity index (χ1n) is 10.8. The number of carbonyl (C=O) groups is 2. The zero-order chi connectivity index (χ0) is 22.0. The van der Waals surface area contributed by atoms with Gasteiger partial charge in [-0.2, -0.15) is 4.31 Å². The average Bonchev–Trinajstić information content (AvgIpc) is 3.22. The van der Waals surface area contributed by atoms with Gasteiger partial charge in [0.1, 0.15) is 4.90 Å². The minimum absolute atomic E-state index is 0.0726. The normalized spacial score (nSPS) is 23.8. The molecule has 8 nitrogen and oxygen atoms in total. The first-order valence-corrected chi connectivity index (χ1v) is 12.2. The summed E-state index contributed by atoms with van der Waals surface area (Å²) in [5.74, 6) is -0.397. The smallest absolute Gasteiger partial charge is 0.245 e. The quantitative estimate of drug-likeness (QED) is 0.761. The Hall–Kier alpha value is -2.52. The maximum atomic E-state index is 13.5. The average molecular weight is 445 g/mol. The molecule has 2 unspecified atom stereocenters. The third-order valence-corrected chi connectivity index (χ3v) is 8.23. The van der Waals surface area contributed by atoms with Crippen molar-refractivity contribution in [3.05, 3.63) is 36.5 Å². The van der Waals surface area contributed by atoms with E-state index in [0.717, 1.165) is 24.6 Å². The van der Waals surface area contributed by atoms with Crippen LogP contribution >= 0.6 is 0 Å². The van der Waals surface area contributed by atoms with E-state index in [4.69, 9.17) is 0 Å². The van der Waals surface area contributed by atoms with Crippen molar-refractivity contribution in [2.24, 2.45) is 5.92 Å². The van der Waals surface area contributed by atoms with Gasteiger partial charge in [-0.05, 0) is 31.4 Å². The second-order valence-electron chi connectivity index (χ2n) is 8.20. The van der Waals surface area contributed by atoms with Crippen LogP contribution in [0.1, 0.15) is 32.6 Å². The number of aromatic nitrogens is 1. The predicted octanol–water partition coefficient (Wildman–Crippen LogP) is 1.76. The number of sulfonamides is 1. The highest BCUT2D eigenvalue weighted by molar-refractivity contribution is 7.89. The molecular formula is C22H28N4O4S. The van der Waals surface area contributed by atoms with Crippen LogP contribution in [0, 0.1) is 5.92 Å². The Kier molecular flexibility index (Phi) is 6.24. The van der Waals surface area contributed by atoms with Gasteiger partial charge in [0.25, 0.3) is 0 Å². The first-order chi connectivity index (χ1) is 14.9. The highest BCUT2D eigenvalue weighted by Crippen LogP contribution is 2.31. The highest BCUT2D eigenvalue weighted by atomic mass is 32.2. The van der Waals surface area contributed by atoms with Crippen LogP contribution in [0.5, 0.6) is 0 Å². The topological polar surface area (TPSA) is 99.7 Å². The number of nitrogens with one attached hydrogen (secondary N) is 1. The van der Waals surface area contributed by atoms with Gasteiger partial charge in [0.05, 0.1) is 11.4 Å². The number of carbonyl (C=O) groups excluding carboxylic acids is 2. The van der Waals surface area contributed by atoms with E-state index >= 15 is 0 Å². The Morgan fingerprint density at radius 3 is 2.71 bits per heavy atom. The van der Waals surface area contributed by atoms with Crippen molar-refractivity contribution in [2.45, 2.75) is 43.5 Å². The lowest BCUT2D eigenvalue weighted by atomic mass is 10.0. The number of benzene rings is 1. The Morgan fingerprint density at radius 1 is 1.10 bits per heavy atom. The summed E-state index contributed by atoms with van der Waals surface area (Å²) in [6.45, 7) is 2.63. The third kappa shape index (κ3) is 4.29. The summed E-state index contributed by atoms with van der Waals surface area (Å²) in [6.07, 6.45) is 4.57. The first kappa shape index (κ1) is 21.7. The molecule has 0 radical (unpaired) electrons. The SMILES string of the molecule is CC(=O)N1CCCN(S(=O)(=O)c2cccc3cccnc23)CCNC(=O)C2CCCC21. The summed E-state index contributed by atoms with van der Waals surface area (Å²) < 4.78 is 28.5. The molecule has 1 aromatic heterocycles. The zero-order valence-electron chi connectivity index (χ0n) is 17.7. The van der Waals surface area contributed by atoms with Crippen molar-refractivity contribution in [3.63, 3.8) is 0 Å². The lowest BCUT2D eigenvalue weighted by molar-refractivity contribution is -0.134. The fourth-order valence-corrected chi connectivity index (χ4v) is 6.45. The van der Waals surface area contributed by atoms with E-state index < -0.39 is 10.0 Å². The largest absolute Gasteiger partial charge is 0.354 e. The second-order valence-corrected chi connectivity index (χ2v) is 10.1. The van der Waals surface area contributed by atoms with Gasteiger partial charge < -0.3 is 10.2 Å². The predicted molar refractivity (Wildman–Crippen MR) is 117 cm³/mol. The summed E-state index contributed by atoms with van der Waals surface area (Å²) in [7, 11) is -3.83. The van der Waals surface area contributed by atoms with E-state index in [1.807, 2.05) is 12.1 Å². The molecule has 1 saturated carbocycles. The minimum Gasteiger partial charge on any atom is -0.354 e. The van der Waals surface area contributed by atoms with Crippen molar-refractivity contribution in [2.75, 3.05) is 26.2 Å². The number of amides is 2. The van der Waals surface area contributed by atoms with E-state index in [0.29, 0.717) is 18.5 Å². The zero-order valence-corrected chi connectivity index (χ0v) is 18.5. The molecule has 2 amide bonds. The van der Waals surface area contributed by atoms with Crippen molar-refractivity contribution in [1.29, 1.82) is 0 Å². The summed E-state index contributed by atoms with van der Waals surface area (Å²) >= 11 is 0. The summed E-state index contributed by atoms with van der Waals surface area (Å²) in [4.78, 5) is 31.3. The van der Waals surface area contributed by atoms with Crippen molar-refractivity contribution >= 4 is 32.7 Å². The fraction of sp³-hybridized carbons (Fsp3) is 0.500. The molecule has 31 heavy (non-hydrogen) atoms. The van der Waals surface area contributed by atoms with Crippen LogP contribution < -0.4 is 5.32 Å². The van der Waals surface area contributed by atoms with E-state index in [-0.39, 0.29) is 48.3 Å². The molecule has 166 valence electrons. The number of rotatable bonds is 2. The van der Waals surface area contributed by atoms with E-state index in [9.17, 15) is 18.0 Å². The second kappa shape index (κ2) is 8.92. The summed E-state index contributed by atoms with van der Waals surface area (Å²) in [5, 5.41) is 3.66. The minimum atomic E-state index is -3.83. The molecule has 1 saturated heterocycles. The maximum Gasteiger partial charge on any atom is 0.245 e. The molecule has 1 aromatic carbocycles. The van der Waals surface area contributed by atoms with Gasteiger partial charge in [-0.15, -0.1) is 0 Å². The Bertz CT molecular complexity index is 1080. The van der Waals surface area contributed by atoms with Crippen molar-refractivity contribution in [3.8, 4) is 0 Å². The standard InChI is InChI=1S/C22H28N4O4S/c1-16(27)26-14-5-13-25(15-12-24-22(28)18-8-3-9-19(18)26)31(29,30)20-10-2-6-17-7-4-11-23-21(17)20/h2,4,6-7,10-11,18-19H,3,5,8-9,12-15H2,1H3,(H,24,28). The molecule has 0 spiro atoms. The van der Waals surface area contributed by atoms with Gasteiger partial charge in [-0.25, -0.2) is 8.42 Å². The Morgan fingerprint density at radius 2 is 1.90 bits per heavy atom. The molecule has 2 aromatic rings. The molecule has 2 atom stereocenters. The number of nitrogens with zero attached hydrogens (tertiary/aromatic N) is 3. The number of pyridine rings is 1. The van der Waals surface area contributed by atoms with Crippen LogP contribution in [0.2, 0.25) is 0 Å². The van der Waals surface area contributed by atoms with Gasteiger partial charge in [0.15, 0.2) is 0 Å². The number of hydrogen-bond donors (Lipinski definition) is 1. The van der Waals surface area contributed by atoms with Gasteiger partial charge in [0.2, 0.25) is 21.8 Å². The van der Waals surface area contributed by atoms with Crippen LogP contribution in [0.3, 0.4) is 0 Å². The molecule has 4 rings (SSSR count). The monoisotopic (exact) mass is 444 g/mol. The van der Waals surface area contributed by atoms with Crippen molar-refractivity contribution in [1.82, 2.24) is 19.5 Å². The summed E-state index contributed by atoms with van der Waals surface area (Å²) in [5.41, 5.74) is 0.434. The lowest BCUT2D eigenvalue weighted by Crippen LogP contribution is -2.46. The molecule has 1 aliphatic carbocycles. The van der Waals surface area contributed by atoms with Crippen LogP contribution in [0.15, 0.2) is 41.4 Å². The fourth-order valence-electron chi connectivity index (χ4n) is 4.80. The Labute approximate surface area is 182 Å². The maximum absolute atomic E-state index is 13.5. The van der Waals surface area contributed by atoms with Crippen molar-refractivity contribution < 1.29 is 18.0 Å². The number of fused-ring (bicyclic) bond motifs is 2. The van der Waals surface area contributed by atoms with Gasteiger partial charge in [-0.3, -0.25) is 14.6 Å². The molecule has 9 heteroatoms. The van der Waals surface area contributed by atoms with Crippen LogP contribution in [0.4, 0.5) is 0 Å². The molecule has 2 aliphatic rings. The van der Waals surface area contributed by atoms with E-state index in [1.165, 1.54) is 11.2 Å². The number of hydrogen-bond acceptors (Lipinski definition) is 5. The lowest BCUT2D eigenvalue weighted by Gasteiger charge is -2.31. The summed E-state index contributed by atoms with van der Waals surface area (Å²) in [6, 6.07) is 8.61. The molecule has 0 bridgehead atoms. The molecular weight excluding hydrogens is 416 g/mol. The third-order valence-electron chi connectivity index (χ3n) is 6.30. The van der Waals surface area contributed by atoms with Crippen LogP contribution in [-0.4, -0.2) is 66.6 Å². The van der Waals surface area contributed by atoms with Crippen LogP contribution in [-0.2, 0) is 19.6 Å². The van der Waals surface area contributed by atoms with E-state index in [2.05, 4.69) is 10.3 Å². The van der Waals surface area contributed by atoms with E-state index in [1.54, 1.807) is 29.3 Å². The van der Waals surface area contributed by atoms with Gasteiger partial charge in [-0.1, -0.05) is 24.6 Å². The van der Waals surface area contributed by atoms with Gasteiger partial charge >= 0.3 is 0 Å². The molecule has 1 aliphatic heterocycles. The Balaban J connectivity index is 1.63. The van der Waals surface area contributed by atoms with Gasteiger partial charge in [0, 0.05) is 50.7 Å². The highest BCUT2D eigenvalue weighted by Gasteiger charge is 2.38. The molecule has 2 heterocycles. The molecule has 2 fully saturated rings. The molecule has 1 N–H and O–H groups in total. The number of para-hydroxylation sites is 1.